The van der Waals surface area contributed by atoms with E-state index in [0.29, 0.717) is 14.5 Å². The molecule has 4 aromatic heterocycles. The standard InChI is InChI=1S/C30H22N3Se/c1-19-22-8-4-6-12-27(22)34-29(19)28-23-14-13-21(18-20(23)15-17-32(28)2)33-26-11-5-3-9-24(26)25-10-7-16-31-30(25)33/h3-18H,1-2H3/q+1. The fourth-order valence-corrected chi connectivity index (χ4v) is 7.99. The number of nitrogens with zero attached hydrogens (tertiary/aromatic N) is 3. The van der Waals surface area contributed by atoms with Gasteiger partial charge in [-0.05, 0) is 0 Å². The van der Waals surface area contributed by atoms with Crippen LogP contribution < -0.4 is 4.57 Å². The Bertz CT molecular complexity index is 1840. The normalized spacial score (nSPS) is 11.8. The van der Waals surface area contributed by atoms with Gasteiger partial charge in [0.1, 0.15) is 0 Å². The molecule has 0 spiro atoms. The van der Waals surface area contributed by atoms with Crippen molar-refractivity contribution in [2.24, 2.45) is 7.05 Å². The summed E-state index contributed by atoms with van der Waals surface area (Å²) in [6.07, 6.45) is 4.08. The Morgan fingerprint density at radius 2 is 1.59 bits per heavy atom. The molecular weight excluding hydrogens is 481 g/mol. The molecule has 0 radical (unpaired) electrons. The Hall–Kier alpha value is -3.72. The van der Waals surface area contributed by atoms with Crippen LogP contribution in [-0.2, 0) is 7.05 Å². The van der Waals surface area contributed by atoms with Crippen LogP contribution in [0.2, 0.25) is 0 Å². The number of hydrogen-bond donors (Lipinski definition) is 0. The van der Waals surface area contributed by atoms with Crippen LogP contribution in [-0.4, -0.2) is 24.1 Å². The third-order valence-electron chi connectivity index (χ3n) is 6.87. The number of benzene rings is 3. The Morgan fingerprint density at radius 3 is 2.47 bits per heavy atom. The van der Waals surface area contributed by atoms with Gasteiger partial charge in [-0.25, -0.2) is 0 Å². The van der Waals surface area contributed by atoms with Gasteiger partial charge in [-0.2, -0.15) is 0 Å². The van der Waals surface area contributed by atoms with Gasteiger partial charge in [0, 0.05) is 0 Å². The van der Waals surface area contributed by atoms with Crippen molar-refractivity contribution in [1.29, 1.82) is 0 Å². The van der Waals surface area contributed by atoms with Gasteiger partial charge in [-0.3, -0.25) is 0 Å². The Morgan fingerprint density at radius 1 is 0.794 bits per heavy atom. The van der Waals surface area contributed by atoms with E-state index in [4.69, 9.17) is 4.98 Å². The number of fused-ring (bicyclic) bond motifs is 5. The molecule has 0 N–H and O–H groups in total. The van der Waals surface area contributed by atoms with Crippen LogP contribution in [0.25, 0.3) is 58.2 Å². The molecule has 34 heavy (non-hydrogen) atoms. The fourth-order valence-electron chi connectivity index (χ4n) is 5.24. The molecule has 162 valence electrons. The molecule has 0 aliphatic carbocycles. The van der Waals surface area contributed by atoms with Gasteiger partial charge in [0.05, 0.1) is 0 Å². The van der Waals surface area contributed by atoms with Crippen molar-refractivity contribution < 1.29 is 4.57 Å². The maximum absolute atomic E-state index is 4.76. The van der Waals surface area contributed by atoms with E-state index >= 15 is 0 Å². The second-order valence-electron chi connectivity index (χ2n) is 8.83. The Balaban J connectivity index is 1.50. The first-order chi connectivity index (χ1) is 16.7. The van der Waals surface area contributed by atoms with Gasteiger partial charge in [0.15, 0.2) is 0 Å². The summed E-state index contributed by atoms with van der Waals surface area (Å²) in [5, 5.41) is 6.37. The zero-order chi connectivity index (χ0) is 22.8. The van der Waals surface area contributed by atoms with E-state index in [1.165, 1.54) is 52.4 Å². The van der Waals surface area contributed by atoms with E-state index in [9.17, 15) is 0 Å². The summed E-state index contributed by atoms with van der Waals surface area (Å²) in [7, 11) is 2.17. The molecule has 0 amide bonds. The van der Waals surface area contributed by atoms with Gasteiger partial charge in [0.25, 0.3) is 0 Å². The van der Waals surface area contributed by atoms with Crippen molar-refractivity contribution in [3.63, 3.8) is 0 Å². The Labute approximate surface area is 203 Å². The average molecular weight is 503 g/mol. The predicted octanol–water partition coefficient (Wildman–Crippen LogP) is 6.34. The number of hydrogen-bond acceptors (Lipinski definition) is 1. The van der Waals surface area contributed by atoms with Gasteiger partial charge in [-0.1, -0.05) is 0 Å². The molecule has 0 aliphatic heterocycles. The van der Waals surface area contributed by atoms with Crippen LogP contribution >= 0.6 is 0 Å². The van der Waals surface area contributed by atoms with Crippen LogP contribution in [0.1, 0.15) is 5.56 Å². The van der Waals surface area contributed by atoms with Gasteiger partial charge < -0.3 is 0 Å². The van der Waals surface area contributed by atoms with Gasteiger partial charge >= 0.3 is 204 Å². The molecule has 0 unspecified atom stereocenters. The minimum absolute atomic E-state index is 0.308. The summed E-state index contributed by atoms with van der Waals surface area (Å²) in [5.41, 5.74) is 6.07. The first-order valence-corrected chi connectivity index (χ1v) is 13.2. The summed E-state index contributed by atoms with van der Waals surface area (Å²) >= 11 is 0.308. The van der Waals surface area contributed by atoms with E-state index < -0.39 is 0 Å². The molecule has 7 rings (SSSR count). The van der Waals surface area contributed by atoms with Crippen LogP contribution in [0.5, 0.6) is 0 Å². The zero-order valence-corrected chi connectivity index (χ0v) is 20.7. The summed E-state index contributed by atoms with van der Waals surface area (Å²) in [6, 6.07) is 30.7. The molecule has 0 fully saturated rings. The summed E-state index contributed by atoms with van der Waals surface area (Å²) in [6.45, 7) is 2.28. The number of para-hydroxylation sites is 1. The van der Waals surface area contributed by atoms with E-state index in [-0.39, 0.29) is 0 Å². The molecule has 7 aromatic rings. The van der Waals surface area contributed by atoms with E-state index in [1.54, 1.807) is 0 Å². The van der Waals surface area contributed by atoms with Crippen molar-refractivity contribution in [3.8, 4) is 15.8 Å². The molecule has 4 heteroatoms. The maximum atomic E-state index is 4.76. The molecule has 0 bridgehead atoms. The summed E-state index contributed by atoms with van der Waals surface area (Å²) < 4.78 is 7.54. The van der Waals surface area contributed by atoms with E-state index in [2.05, 4.69) is 108 Å². The first-order valence-electron chi connectivity index (χ1n) is 11.5. The number of aromatic nitrogens is 3. The second kappa shape index (κ2) is 7.39. The minimum atomic E-state index is 0.308. The molecule has 0 saturated carbocycles. The van der Waals surface area contributed by atoms with Crippen LogP contribution in [0.4, 0.5) is 0 Å². The van der Waals surface area contributed by atoms with Crippen LogP contribution in [0, 0.1) is 6.92 Å². The topological polar surface area (TPSA) is 21.7 Å². The van der Waals surface area contributed by atoms with Crippen LogP contribution in [0.15, 0.2) is 97.3 Å². The van der Waals surface area contributed by atoms with Crippen LogP contribution in [0.3, 0.4) is 0 Å². The quantitative estimate of drug-likeness (QED) is 0.199. The fraction of sp³-hybridized carbons (Fsp3) is 0.0667. The molecular formula is C30H22N3Se+. The van der Waals surface area contributed by atoms with Crippen molar-refractivity contribution in [1.82, 2.24) is 9.55 Å². The first kappa shape index (κ1) is 19.7. The van der Waals surface area contributed by atoms with Gasteiger partial charge in [-0.15, -0.1) is 0 Å². The third kappa shape index (κ3) is 2.76. The van der Waals surface area contributed by atoms with Crippen molar-refractivity contribution in [2.75, 3.05) is 0 Å². The summed E-state index contributed by atoms with van der Waals surface area (Å²) in [4.78, 5) is 4.76. The summed E-state index contributed by atoms with van der Waals surface area (Å²) in [5.74, 6) is 0. The molecule has 0 saturated heterocycles. The van der Waals surface area contributed by atoms with Gasteiger partial charge in [0.2, 0.25) is 0 Å². The number of aryl methyl sites for hydroxylation is 2. The number of rotatable bonds is 2. The average Bonchev–Trinajstić information content (AvgIpc) is 3.39. The van der Waals surface area contributed by atoms with Crippen molar-refractivity contribution in [2.45, 2.75) is 6.92 Å². The third-order valence-corrected chi connectivity index (χ3v) is 9.56. The predicted molar refractivity (Wildman–Crippen MR) is 142 cm³/mol. The molecule has 0 aliphatic rings. The monoisotopic (exact) mass is 504 g/mol. The van der Waals surface area contributed by atoms with Crippen molar-refractivity contribution >= 4 is 56.9 Å². The SMILES string of the molecule is Cc1c(-c2c3ccc(-n4c5ccccc5c5cccnc54)cc3cc[n+]2C)[se]c2ccccc12. The molecule has 3 aromatic carbocycles. The molecule has 0 atom stereocenters. The molecule has 3 nitrogen and oxygen atoms in total. The molecule has 4 heterocycles. The Kier molecular flexibility index (Phi) is 4.29. The number of pyridine rings is 2. The zero-order valence-electron chi connectivity index (χ0n) is 19.0. The van der Waals surface area contributed by atoms with E-state index in [0.717, 1.165) is 11.3 Å². The van der Waals surface area contributed by atoms with E-state index in [1.807, 2.05) is 12.3 Å². The second-order valence-corrected chi connectivity index (χ2v) is 11.0. The van der Waals surface area contributed by atoms with Crippen molar-refractivity contribution in [3.05, 3.63) is 103 Å².